The van der Waals surface area contributed by atoms with E-state index in [9.17, 15) is 0 Å². The third-order valence-electron chi connectivity index (χ3n) is 3.42. The maximum absolute atomic E-state index is 5.37. The molecular formula is C19H23N3OS. The lowest BCUT2D eigenvalue weighted by Crippen LogP contribution is -2.39. The first-order chi connectivity index (χ1) is 11.8. The van der Waals surface area contributed by atoms with E-state index in [-0.39, 0.29) is 0 Å². The number of rotatable bonds is 8. The zero-order valence-electron chi connectivity index (χ0n) is 13.9. The van der Waals surface area contributed by atoms with Crippen molar-refractivity contribution in [3.8, 4) is 18.1 Å². The number of thiophene rings is 1. The summed E-state index contributed by atoms with van der Waals surface area (Å²) in [6, 6.07) is 12.2. The molecule has 1 aromatic carbocycles. The van der Waals surface area contributed by atoms with Gasteiger partial charge in [-0.15, -0.1) is 17.8 Å². The summed E-state index contributed by atoms with van der Waals surface area (Å²) in [4.78, 5) is 5.62. The number of nitrogens with one attached hydrogen (secondary N) is 2. The first-order valence-electron chi connectivity index (χ1n) is 7.94. The highest BCUT2D eigenvalue weighted by atomic mass is 32.1. The van der Waals surface area contributed by atoms with Crippen molar-refractivity contribution in [3.05, 3.63) is 52.2 Å². The molecule has 1 aromatic heterocycles. The van der Waals surface area contributed by atoms with Crippen LogP contribution in [0.4, 0.5) is 0 Å². The van der Waals surface area contributed by atoms with Crippen LogP contribution in [-0.4, -0.2) is 32.7 Å². The summed E-state index contributed by atoms with van der Waals surface area (Å²) >= 11 is 1.78. The van der Waals surface area contributed by atoms with Gasteiger partial charge in [-0.2, -0.15) is 0 Å². The molecule has 0 aliphatic rings. The van der Waals surface area contributed by atoms with Crippen LogP contribution in [0.3, 0.4) is 0 Å². The molecule has 4 nitrogen and oxygen atoms in total. The fourth-order valence-corrected chi connectivity index (χ4v) is 2.89. The maximum atomic E-state index is 5.37. The number of ether oxygens (including phenoxy) is 1. The Balaban J connectivity index is 1.66. The fraction of sp³-hybridized carbons (Fsp3) is 0.316. The van der Waals surface area contributed by atoms with Crippen LogP contribution in [0.15, 0.2) is 46.8 Å². The molecule has 0 radical (unpaired) electrons. The van der Waals surface area contributed by atoms with Gasteiger partial charge in [-0.3, -0.25) is 4.99 Å². The third kappa shape index (κ3) is 6.35. The summed E-state index contributed by atoms with van der Waals surface area (Å²) in [6.07, 6.45) is 7.10. The van der Waals surface area contributed by atoms with E-state index in [1.54, 1.807) is 18.4 Å². The van der Waals surface area contributed by atoms with E-state index < -0.39 is 0 Å². The van der Waals surface area contributed by atoms with Crippen LogP contribution in [-0.2, 0) is 12.8 Å². The largest absolute Gasteiger partial charge is 0.481 e. The highest BCUT2D eigenvalue weighted by Crippen LogP contribution is 2.12. The van der Waals surface area contributed by atoms with E-state index in [2.05, 4.69) is 51.2 Å². The molecule has 0 aliphatic carbocycles. The van der Waals surface area contributed by atoms with E-state index in [0.717, 1.165) is 37.6 Å². The molecule has 0 fully saturated rings. The average molecular weight is 341 g/mol. The number of aliphatic imine (C=N–C) groups is 1. The van der Waals surface area contributed by atoms with Gasteiger partial charge < -0.3 is 15.4 Å². The molecule has 0 unspecified atom stereocenters. The number of hydrogen-bond acceptors (Lipinski definition) is 3. The standard InChI is InChI=1S/C19H23N3OS/c1-3-14-23-17-8-6-16(7-9-17)10-12-21-19(20-2)22-13-11-18-5-4-15-24-18/h1,4-9,15H,10-14H2,2H3,(H2,20,21,22). The van der Waals surface area contributed by atoms with Crippen LogP contribution in [0.5, 0.6) is 5.75 Å². The number of hydrogen-bond donors (Lipinski definition) is 2. The van der Waals surface area contributed by atoms with Gasteiger partial charge in [-0.1, -0.05) is 24.1 Å². The first-order valence-corrected chi connectivity index (χ1v) is 8.82. The zero-order chi connectivity index (χ0) is 17.0. The molecule has 0 aliphatic heterocycles. The molecule has 2 N–H and O–H groups in total. The Morgan fingerprint density at radius 2 is 1.92 bits per heavy atom. The van der Waals surface area contributed by atoms with Gasteiger partial charge >= 0.3 is 0 Å². The highest BCUT2D eigenvalue weighted by molar-refractivity contribution is 7.09. The van der Waals surface area contributed by atoms with Crippen molar-refractivity contribution in [2.75, 3.05) is 26.7 Å². The predicted octanol–water partition coefficient (Wildman–Crippen LogP) is 2.71. The van der Waals surface area contributed by atoms with Gasteiger partial charge in [0.15, 0.2) is 5.96 Å². The predicted molar refractivity (Wildman–Crippen MR) is 102 cm³/mol. The summed E-state index contributed by atoms with van der Waals surface area (Å²) in [7, 11) is 1.79. The van der Waals surface area contributed by atoms with E-state index in [1.807, 2.05) is 12.1 Å². The van der Waals surface area contributed by atoms with E-state index in [4.69, 9.17) is 11.2 Å². The van der Waals surface area contributed by atoms with Crippen molar-refractivity contribution in [3.63, 3.8) is 0 Å². The molecule has 0 saturated carbocycles. The quantitative estimate of drug-likeness (QED) is 0.441. The monoisotopic (exact) mass is 341 g/mol. The highest BCUT2D eigenvalue weighted by Gasteiger charge is 2.00. The summed E-state index contributed by atoms with van der Waals surface area (Å²) in [5.74, 6) is 4.09. The Bertz CT molecular complexity index is 657. The van der Waals surface area contributed by atoms with Crippen molar-refractivity contribution in [2.45, 2.75) is 12.8 Å². The maximum Gasteiger partial charge on any atom is 0.190 e. The molecule has 126 valence electrons. The second-order valence-electron chi connectivity index (χ2n) is 5.14. The van der Waals surface area contributed by atoms with Crippen LogP contribution < -0.4 is 15.4 Å². The normalized spacial score (nSPS) is 10.9. The van der Waals surface area contributed by atoms with Crippen molar-refractivity contribution >= 4 is 17.3 Å². The number of guanidine groups is 1. The van der Waals surface area contributed by atoms with Gasteiger partial charge in [0, 0.05) is 25.0 Å². The van der Waals surface area contributed by atoms with Crippen molar-refractivity contribution < 1.29 is 4.74 Å². The lowest BCUT2D eigenvalue weighted by molar-refractivity contribution is 0.370. The average Bonchev–Trinajstić information content (AvgIpc) is 3.13. The van der Waals surface area contributed by atoms with Gasteiger partial charge in [0.2, 0.25) is 0 Å². The van der Waals surface area contributed by atoms with E-state index in [1.165, 1.54) is 10.4 Å². The van der Waals surface area contributed by atoms with Gasteiger partial charge in [0.05, 0.1) is 0 Å². The Morgan fingerprint density at radius 1 is 1.17 bits per heavy atom. The topological polar surface area (TPSA) is 45.6 Å². The lowest BCUT2D eigenvalue weighted by Gasteiger charge is -2.11. The SMILES string of the molecule is C#CCOc1ccc(CCNC(=NC)NCCc2cccs2)cc1. The zero-order valence-corrected chi connectivity index (χ0v) is 14.7. The van der Waals surface area contributed by atoms with Crippen LogP contribution >= 0.6 is 11.3 Å². The lowest BCUT2D eigenvalue weighted by atomic mass is 10.1. The molecule has 2 aromatic rings. The summed E-state index contributed by atoms with van der Waals surface area (Å²) < 4.78 is 5.37. The minimum atomic E-state index is 0.300. The first kappa shape index (κ1) is 17.9. The van der Waals surface area contributed by atoms with Crippen LogP contribution in [0.1, 0.15) is 10.4 Å². The summed E-state index contributed by atoms with van der Waals surface area (Å²) in [5.41, 5.74) is 1.24. The third-order valence-corrected chi connectivity index (χ3v) is 4.36. The smallest absolute Gasteiger partial charge is 0.190 e. The number of benzene rings is 1. The van der Waals surface area contributed by atoms with Gasteiger partial charge in [0.25, 0.3) is 0 Å². The Labute approximate surface area is 148 Å². The second kappa shape index (κ2) is 10.3. The van der Waals surface area contributed by atoms with Gasteiger partial charge in [-0.05, 0) is 42.0 Å². The van der Waals surface area contributed by atoms with Crippen molar-refractivity contribution in [1.29, 1.82) is 0 Å². The summed E-state index contributed by atoms with van der Waals surface area (Å²) in [5, 5.41) is 8.77. The Morgan fingerprint density at radius 3 is 2.54 bits per heavy atom. The van der Waals surface area contributed by atoms with Crippen molar-refractivity contribution in [2.24, 2.45) is 4.99 Å². The molecule has 0 bridgehead atoms. The molecule has 5 heteroatoms. The van der Waals surface area contributed by atoms with Crippen LogP contribution in [0.25, 0.3) is 0 Å². The second-order valence-corrected chi connectivity index (χ2v) is 6.17. The minimum Gasteiger partial charge on any atom is -0.481 e. The molecule has 2 rings (SSSR count). The van der Waals surface area contributed by atoms with E-state index in [0.29, 0.717) is 6.61 Å². The molecular weight excluding hydrogens is 318 g/mol. The Kier molecular flexibility index (Phi) is 7.72. The molecule has 24 heavy (non-hydrogen) atoms. The van der Waals surface area contributed by atoms with E-state index >= 15 is 0 Å². The Hall–Kier alpha value is -2.45. The van der Waals surface area contributed by atoms with Crippen LogP contribution in [0.2, 0.25) is 0 Å². The molecule has 0 spiro atoms. The molecule has 0 saturated heterocycles. The van der Waals surface area contributed by atoms with Gasteiger partial charge in [-0.25, -0.2) is 0 Å². The fourth-order valence-electron chi connectivity index (χ4n) is 2.18. The summed E-state index contributed by atoms with van der Waals surface area (Å²) in [6.45, 7) is 2.00. The molecule has 1 heterocycles. The van der Waals surface area contributed by atoms with Gasteiger partial charge in [0.1, 0.15) is 12.4 Å². The minimum absolute atomic E-state index is 0.300. The van der Waals surface area contributed by atoms with Crippen LogP contribution in [0, 0.1) is 12.3 Å². The molecule has 0 amide bonds. The number of nitrogens with zero attached hydrogens (tertiary/aromatic N) is 1. The number of terminal acetylenes is 1. The van der Waals surface area contributed by atoms with Crippen molar-refractivity contribution in [1.82, 2.24) is 10.6 Å². The molecule has 0 atom stereocenters.